The number of nitrogens with one attached hydrogen (secondary N) is 1. The first-order chi connectivity index (χ1) is 5.22. The van der Waals surface area contributed by atoms with Crippen LogP contribution in [-0.4, -0.2) is 24.8 Å². The largest absolute Gasteiger partial charge is 0.359 e. The van der Waals surface area contributed by atoms with E-state index < -0.39 is 0 Å². The second kappa shape index (κ2) is 3.70. The molecule has 1 saturated heterocycles. The average Bonchev–Trinajstić information content (AvgIpc) is 2.11. The van der Waals surface area contributed by atoms with Gasteiger partial charge in [0.1, 0.15) is 0 Å². The highest BCUT2D eigenvalue weighted by Crippen LogP contribution is 2.09. The van der Waals surface area contributed by atoms with Crippen LogP contribution >= 0.6 is 0 Å². The topological polar surface area (TPSA) is 45.0 Å². The van der Waals surface area contributed by atoms with E-state index in [1.165, 1.54) is 0 Å². The summed E-state index contributed by atoms with van der Waals surface area (Å²) in [5.74, 6) is 0. The molecule has 1 aliphatic rings. The van der Waals surface area contributed by atoms with Gasteiger partial charge in [-0.15, -0.1) is 0 Å². The van der Waals surface area contributed by atoms with Gasteiger partial charge < -0.3 is 10.1 Å². The number of hydrogen-bond acceptors (Lipinski definition) is 3. The molecule has 0 aliphatic carbocycles. The van der Waals surface area contributed by atoms with Crippen LogP contribution in [0.2, 0.25) is 0 Å². The number of ether oxygens (including phenoxy) is 1. The summed E-state index contributed by atoms with van der Waals surface area (Å²) >= 11 is 0. The van der Waals surface area contributed by atoms with Gasteiger partial charge >= 0.3 is 0 Å². The van der Waals surface area contributed by atoms with Crippen LogP contribution in [-0.2, 0) is 4.74 Å². The number of hydrogen-bond donors (Lipinski definition) is 1. The molecular weight excluding hydrogens is 140 g/mol. The number of nitrogens with zero attached hydrogens (tertiary/aromatic N) is 1. The zero-order valence-electron chi connectivity index (χ0n) is 7.00. The Hall–Kier alpha value is -0.590. The third-order valence-corrected chi connectivity index (χ3v) is 1.88. The fourth-order valence-corrected chi connectivity index (χ4v) is 1.35. The van der Waals surface area contributed by atoms with Crippen molar-refractivity contribution in [2.45, 2.75) is 38.5 Å². The first-order valence-corrected chi connectivity index (χ1v) is 4.01. The quantitative estimate of drug-likeness (QED) is 0.557. The van der Waals surface area contributed by atoms with Crippen molar-refractivity contribution in [1.29, 1.82) is 5.26 Å². The minimum Gasteiger partial charge on any atom is -0.359 e. The van der Waals surface area contributed by atoms with E-state index in [2.05, 4.69) is 18.3 Å². The van der Waals surface area contributed by atoms with Gasteiger partial charge in [0.05, 0.1) is 12.2 Å². The molecule has 1 fully saturated rings. The predicted octanol–water partition coefficient (Wildman–Crippen LogP) is 0.665. The van der Waals surface area contributed by atoms with E-state index in [-0.39, 0.29) is 12.2 Å². The van der Waals surface area contributed by atoms with Crippen molar-refractivity contribution in [3.05, 3.63) is 0 Å². The fourth-order valence-electron chi connectivity index (χ4n) is 1.35. The highest BCUT2D eigenvalue weighted by molar-refractivity contribution is 4.89. The summed E-state index contributed by atoms with van der Waals surface area (Å²) in [7, 11) is 0. The third kappa shape index (κ3) is 2.49. The zero-order valence-corrected chi connectivity index (χ0v) is 7.00. The first kappa shape index (κ1) is 8.51. The van der Waals surface area contributed by atoms with Crippen molar-refractivity contribution in [3.63, 3.8) is 0 Å². The molecule has 1 rings (SSSR count). The molecule has 0 aromatic rings. The maximum absolute atomic E-state index is 8.61. The molecule has 1 N–H and O–H groups in total. The van der Waals surface area contributed by atoms with Crippen LogP contribution in [0.25, 0.3) is 0 Å². The standard InChI is InChI=1S/C8H14N2O/c1-6-3-7(2)11-8(4-9)5-10-6/h6-8,10H,3,5H2,1-2H3. The van der Waals surface area contributed by atoms with Crippen molar-refractivity contribution in [2.75, 3.05) is 6.54 Å². The van der Waals surface area contributed by atoms with E-state index in [1.54, 1.807) is 0 Å². The molecule has 3 atom stereocenters. The summed E-state index contributed by atoms with van der Waals surface area (Å²) in [5.41, 5.74) is 0. The molecule has 1 aliphatic heterocycles. The summed E-state index contributed by atoms with van der Waals surface area (Å²) in [6.07, 6.45) is 0.914. The van der Waals surface area contributed by atoms with Crippen LogP contribution in [0.4, 0.5) is 0 Å². The maximum atomic E-state index is 8.61. The van der Waals surface area contributed by atoms with E-state index >= 15 is 0 Å². The lowest BCUT2D eigenvalue weighted by molar-refractivity contribution is 0.0384. The molecule has 0 saturated carbocycles. The molecule has 3 unspecified atom stereocenters. The fraction of sp³-hybridized carbons (Fsp3) is 0.875. The maximum Gasteiger partial charge on any atom is 0.156 e. The Balaban J connectivity index is 2.47. The van der Waals surface area contributed by atoms with E-state index in [0.29, 0.717) is 12.6 Å². The minimum atomic E-state index is -0.269. The second-order valence-electron chi connectivity index (χ2n) is 3.11. The van der Waals surface area contributed by atoms with Crippen molar-refractivity contribution in [3.8, 4) is 6.07 Å². The molecule has 0 bridgehead atoms. The lowest BCUT2D eigenvalue weighted by Crippen LogP contribution is -2.30. The monoisotopic (exact) mass is 154 g/mol. The van der Waals surface area contributed by atoms with Crippen LogP contribution in [0.3, 0.4) is 0 Å². The molecule has 0 amide bonds. The van der Waals surface area contributed by atoms with Gasteiger partial charge in [-0.1, -0.05) is 0 Å². The molecule has 62 valence electrons. The van der Waals surface area contributed by atoms with Crippen LogP contribution in [0.5, 0.6) is 0 Å². The molecule has 3 heteroatoms. The van der Waals surface area contributed by atoms with Gasteiger partial charge in [-0.2, -0.15) is 5.26 Å². The zero-order chi connectivity index (χ0) is 8.27. The highest BCUT2D eigenvalue weighted by Gasteiger charge is 2.19. The Bertz CT molecular complexity index is 164. The van der Waals surface area contributed by atoms with Crippen molar-refractivity contribution in [1.82, 2.24) is 5.32 Å². The molecule has 3 nitrogen and oxygen atoms in total. The first-order valence-electron chi connectivity index (χ1n) is 4.01. The molecule has 11 heavy (non-hydrogen) atoms. The van der Waals surface area contributed by atoms with Crippen molar-refractivity contribution in [2.24, 2.45) is 0 Å². The van der Waals surface area contributed by atoms with E-state index in [4.69, 9.17) is 10.00 Å². The van der Waals surface area contributed by atoms with Crippen LogP contribution < -0.4 is 5.32 Å². The van der Waals surface area contributed by atoms with E-state index in [1.807, 2.05) is 6.92 Å². The van der Waals surface area contributed by atoms with Crippen LogP contribution in [0.1, 0.15) is 20.3 Å². The van der Waals surface area contributed by atoms with E-state index in [9.17, 15) is 0 Å². The Kier molecular flexibility index (Phi) is 2.86. The smallest absolute Gasteiger partial charge is 0.156 e. The summed E-state index contributed by atoms with van der Waals surface area (Å²) < 4.78 is 5.41. The predicted molar refractivity (Wildman–Crippen MR) is 42.0 cm³/mol. The Labute approximate surface area is 67.3 Å². The molecule has 1 heterocycles. The average molecular weight is 154 g/mol. The molecule has 0 aromatic carbocycles. The van der Waals surface area contributed by atoms with Gasteiger partial charge in [0.15, 0.2) is 6.10 Å². The van der Waals surface area contributed by atoms with Gasteiger partial charge in [-0.05, 0) is 20.3 Å². The van der Waals surface area contributed by atoms with Gasteiger partial charge in [0.2, 0.25) is 0 Å². The summed E-state index contributed by atoms with van der Waals surface area (Å²) in [6.45, 7) is 4.77. The SMILES string of the molecule is CC1CC(C)OC(C#N)CN1. The minimum absolute atomic E-state index is 0.199. The lowest BCUT2D eigenvalue weighted by Gasteiger charge is -2.11. The Morgan fingerprint density at radius 2 is 2.27 bits per heavy atom. The van der Waals surface area contributed by atoms with Gasteiger partial charge in [0, 0.05) is 12.6 Å². The second-order valence-corrected chi connectivity index (χ2v) is 3.11. The summed E-state index contributed by atoms with van der Waals surface area (Å²) in [6, 6.07) is 2.57. The van der Waals surface area contributed by atoms with Gasteiger partial charge in [-0.25, -0.2) is 0 Å². The van der Waals surface area contributed by atoms with Crippen LogP contribution in [0, 0.1) is 11.3 Å². The van der Waals surface area contributed by atoms with Crippen molar-refractivity contribution < 1.29 is 4.74 Å². The molecular formula is C8H14N2O. The number of nitriles is 1. The van der Waals surface area contributed by atoms with Gasteiger partial charge in [0.25, 0.3) is 0 Å². The molecule has 0 aromatic heterocycles. The van der Waals surface area contributed by atoms with Crippen molar-refractivity contribution >= 4 is 0 Å². The Morgan fingerprint density at radius 3 is 2.91 bits per heavy atom. The molecule has 0 spiro atoms. The summed E-state index contributed by atoms with van der Waals surface area (Å²) in [4.78, 5) is 0. The third-order valence-electron chi connectivity index (χ3n) is 1.88. The Morgan fingerprint density at radius 1 is 1.55 bits per heavy atom. The number of rotatable bonds is 0. The molecule has 0 radical (unpaired) electrons. The highest BCUT2D eigenvalue weighted by atomic mass is 16.5. The normalized spacial score (nSPS) is 39.2. The summed E-state index contributed by atoms with van der Waals surface area (Å²) in [5, 5.41) is 11.8. The van der Waals surface area contributed by atoms with E-state index in [0.717, 1.165) is 6.42 Å². The van der Waals surface area contributed by atoms with Gasteiger partial charge in [-0.3, -0.25) is 0 Å². The van der Waals surface area contributed by atoms with Crippen LogP contribution in [0.15, 0.2) is 0 Å². The lowest BCUT2D eigenvalue weighted by atomic mass is 10.2.